The second-order valence-electron chi connectivity index (χ2n) is 7.93. The summed E-state index contributed by atoms with van der Waals surface area (Å²) in [6.45, 7) is 4.36. The average Bonchev–Trinajstić information content (AvgIpc) is 3.33. The highest BCUT2D eigenvalue weighted by atomic mass is 16.5. The van der Waals surface area contributed by atoms with Crippen molar-refractivity contribution in [1.29, 1.82) is 0 Å². The molecular weight excluding hydrogens is 364 g/mol. The van der Waals surface area contributed by atoms with Crippen LogP contribution in [0.3, 0.4) is 0 Å². The number of fused-ring (bicyclic) bond motifs is 1. The summed E-state index contributed by atoms with van der Waals surface area (Å²) in [4.78, 5) is 15.4. The number of likely N-dealkylation sites (N-methyl/N-ethyl adjacent to an activating group) is 1. The van der Waals surface area contributed by atoms with Crippen molar-refractivity contribution in [3.8, 4) is 5.69 Å². The number of benzene rings is 1. The molecule has 3 aromatic rings. The summed E-state index contributed by atoms with van der Waals surface area (Å²) in [5.74, 6) is -0.0256. The molecular formula is C23H30N4O2. The van der Waals surface area contributed by atoms with E-state index in [0.29, 0.717) is 24.2 Å². The van der Waals surface area contributed by atoms with Crippen molar-refractivity contribution in [3.63, 3.8) is 0 Å². The van der Waals surface area contributed by atoms with Crippen molar-refractivity contribution >= 4 is 16.8 Å². The summed E-state index contributed by atoms with van der Waals surface area (Å²) in [5, 5.41) is 4.09. The summed E-state index contributed by atoms with van der Waals surface area (Å²) in [6.07, 6.45) is 7.97. The highest BCUT2D eigenvalue weighted by molar-refractivity contribution is 6.07. The predicted molar refractivity (Wildman–Crippen MR) is 116 cm³/mol. The fourth-order valence-corrected chi connectivity index (χ4v) is 4.22. The number of nitrogens with one attached hydrogen (secondary N) is 1. The molecule has 29 heavy (non-hydrogen) atoms. The number of aromatic nitrogens is 2. The first-order valence-electron chi connectivity index (χ1n) is 10.4. The van der Waals surface area contributed by atoms with Gasteiger partial charge in [-0.05, 0) is 32.0 Å². The summed E-state index contributed by atoms with van der Waals surface area (Å²) in [5.41, 5.74) is 2.80. The van der Waals surface area contributed by atoms with E-state index in [1.54, 1.807) is 0 Å². The third-order valence-corrected chi connectivity index (χ3v) is 6.06. The van der Waals surface area contributed by atoms with Crippen LogP contribution >= 0.6 is 0 Å². The third kappa shape index (κ3) is 3.95. The number of ether oxygens (including phenoxy) is 1. The van der Waals surface area contributed by atoms with E-state index >= 15 is 0 Å². The molecule has 0 radical (unpaired) electrons. The maximum atomic E-state index is 13.0. The number of amides is 1. The number of para-hydroxylation sites is 1. The maximum absolute atomic E-state index is 13.0. The topological polar surface area (TPSA) is 51.4 Å². The molecule has 1 aliphatic rings. The Morgan fingerprint density at radius 1 is 1.14 bits per heavy atom. The van der Waals surface area contributed by atoms with E-state index in [9.17, 15) is 4.79 Å². The lowest BCUT2D eigenvalue weighted by Gasteiger charge is -2.39. The van der Waals surface area contributed by atoms with Gasteiger partial charge in [0.2, 0.25) is 0 Å². The molecule has 3 heterocycles. The van der Waals surface area contributed by atoms with Crippen LogP contribution in [-0.4, -0.2) is 58.8 Å². The molecule has 1 amide bonds. The molecule has 0 spiro atoms. The summed E-state index contributed by atoms with van der Waals surface area (Å²) >= 11 is 0. The first-order valence-corrected chi connectivity index (χ1v) is 10.4. The Morgan fingerprint density at radius 3 is 2.69 bits per heavy atom. The minimum atomic E-state index is -0.0256. The number of hydrogen-bond acceptors (Lipinski definition) is 3. The molecule has 1 fully saturated rings. The Morgan fingerprint density at radius 2 is 1.93 bits per heavy atom. The van der Waals surface area contributed by atoms with Gasteiger partial charge in [-0.3, -0.25) is 9.69 Å². The van der Waals surface area contributed by atoms with Crippen molar-refractivity contribution in [3.05, 3.63) is 54.5 Å². The number of carbonyl (C=O) groups is 1. The normalized spacial score (nSPS) is 20.2. The third-order valence-electron chi connectivity index (χ3n) is 6.06. The SMILES string of the molecule is CC[C@H]1COC[C@H](CCNC(=O)c2cn(-c3ccn(C)c3)c3ccccc23)N1C. The van der Waals surface area contributed by atoms with E-state index in [-0.39, 0.29) is 5.91 Å². The number of carbonyl (C=O) groups excluding carboxylic acids is 1. The molecule has 0 unspecified atom stereocenters. The molecule has 1 aliphatic heterocycles. The smallest absolute Gasteiger partial charge is 0.253 e. The van der Waals surface area contributed by atoms with Crippen LogP contribution in [0, 0.1) is 0 Å². The van der Waals surface area contributed by atoms with E-state index in [0.717, 1.165) is 42.6 Å². The van der Waals surface area contributed by atoms with Gasteiger partial charge in [0, 0.05) is 49.7 Å². The molecule has 4 rings (SSSR count). The quantitative estimate of drug-likeness (QED) is 0.699. The molecule has 1 saturated heterocycles. The Kier molecular flexibility index (Phi) is 5.74. The molecule has 2 aromatic heterocycles. The molecule has 0 bridgehead atoms. The minimum absolute atomic E-state index is 0.0256. The van der Waals surface area contributed by atoms with Gasteiger partial charge >= 0.3 is 0 Å². The second kappa shape index (κ2) is 8.43. The Labute approximate surface area is 172 Å². The zero-order chi connectivity index (χ0) is 20.4. The Balaban J connectivity index is 1.48. The van der Waals surface area contributed by atoms with Gasteiger partial charge in [-0.2, -0.15) is 0 Å². The van der Waals surface area contributed by atoms with E-state index in [2.05, 4.69) is 47.1 Å². The number of morpholine rings is 1. The van der Waals surface area contributed by atoms with Crippen molar-refractivity contribution in [2.75, 3.05) is 26.8 Å². The molecule has 154 valence electrons. The average molecular weight is 395 g/mol. The van der Waals surface area contributed by atoms with Gasteiger partial charge in [-0.25, -0.2) is 0 Å². The van der Waals surface area contributed by atoms with Crippen LogP contribution in [0.5, 0.6) is 0 Å². The van der Waals surface area contributed by atoms with Crippen molar-refractivity contribution < 1.29 is 9.53 Å². The molecule has 2 atom stereocenters. The number of aryl methyl sites for hydroxylation is 1. The zero-order valence-electron chi connectivity index (χ0n) is 17.5. The predicted octanol–water partition coefficient (Wildman–Crippen LogP) is 3.20. The van der Waals surface area contributed by atoms with Crippen LogP contribution < -0.4 is 5.32 Å². The van der Waals surface area contributed by atoms with Gasteiger partial charge in [0.25, 0.3) is 5.91 Å². The standard InChI is InChI=1S/C23H30N4O2/c1-4-17-15-29-16-19(26(17)3)9-11-24-23(28)21-14-27(18-10-12-25(2)13-18)22-8-6-5-7-20(21)22/h5-8,10,12-14,17,19H,4,9,11,15-16H2,1-3H3,(H,24,28)/t17-,19-/m0/s1. The lowest BCUT2D eigenvalue weighted by Crippen LogP contribution is -2.50. The largest absolute Gasteiger partial charge is 0.378 e. The zero-order valence-corrected chi connectivity index (χ0v) is 17.5. The van der Waals surface area contributed by atoms with Crippen LogP contribution in [-0.2, 0) is 11.8 Å². The first kappa shape index (κ1) is 19.7. The lowest BCUT2D eigenvalue weighted by atomic mass is 10.1. The van der Waals surface area contributed by atoms with Gasteiger partial charge in [0.1, 0.15) is 0 Å². The molecule has 1 aromatic carbocycles. The van der Waals surface area contributed by atoms with E-state index < -0.39 is 0 Å². The van der Waals surface area contributed by atoms with Crippen LogP contribution in [0.4, 0.5) is 0 Å². The highest BCUT2D eigenvalue weighted by Gasteiger charge is 2.26. The van der Waals surface area contributed by atoms with Gasteiger partial charge in [-0.1, -0.05) is 25.1 Å². The van der Waals surface area contributed by atoms with Gasteiger partial charge < -0.3 is 19.2 Å². The fraction of sp³-hybridized carbons (Fsp3) is 0.435. The van der Waals surface area contributed by atoms with Crippen molar-refractivity contribution in [2.24, 2.45) is 7.05 Å². The number of nitrogens with zero attached hydrogens (tertiary/aromatic N) is 3. The van der Waals surface area contributed by atoms with Gasteiger partial charge in [0.15, 0.2) is 0 Å². The summed E-state index contributed by atoms with van der Waals surface area (Å²) in [6, 6.07) is 10.9. The first-order chi connectivity index (χ1) is 14.1. The summed E-state index contributed by atoms with van der Waals surface area (Å²) < 4.78 is 9.84. The van der Waals surface area contributed by atoms with E-state index in [1.165, 1.54) is 0 Å². The Hall–Kier alpha value is -2.57. The molecule has 6 heteroatoms. The molecule has 0 saturated carbocycles. The van der Waals surface area contributed by atoms with E-state index in [4.69, 9.17) is 4.74 Å². The summed E-state index contributed by atoms with van der Waals surface area (Å²) in [7, 11) is 4.16. The van der Waals surface area contributed by atoms with Crippen LogP contribution in [0.2, 0.25) is 0 Å². The minimum Gasteiger partial charge on any atom is -0.378 e. The molecule has 1 N–H and O–H groups in total. The highest BCUT2D eigenvalue weighted by Crippen LogP contribution is 2.25. The number of rotatable bonds is 6. The van der Waals surface area contributed by atoms with E-state index in [1.807, 2.05) is 42.2 Å². The molecule has 6 nitrogen and oxygen atoms in total. The van der Waals surface area contributed by atoms with Crippen LogP contribution in [0.1, 0.15) is 30.1 Å². The van der Waals surface area contributed by atoms with Gasteiger partial charge in [-0.15, -0.1) is 0 Å². The lowest BCUT2D eigenvalue weighted by molar-refractivity contribution is -0.0389. The fourth-order valence-electron chi connectivity index (χ4n) is 4.22. The van der Waals surface area contributed by atoms with Crippen molar-refractivity contribution in [2.45, 2.75) is 31.8 Å². The van der Waals surface area contributed by atoms with Gasteiger partial charge in [0.05, 0.1) is 30.0 Å². The number of hydrogen-bond donors (Lipinski definition) is 1. The second-order valence-corrected chi connectivity index (χ2v) is 7.93. The van der Waals surface area contributed by atoms with Crippen molar-refractivity contribution in [1.82, 2.24) is 19.4 Å². The maximum Gasteiger partial charge on any atom is 0.253 e. The van der Waals surface area contributed by atoms with Crippen LogP contribution in [0.15, 0.2) is 48.9 Å². The van der Waals surface area contributed by atoms with Crippen LogP contribution in [0.25, 0.3) is 16.6 Å². The molecule has 0 aliphatic carbocycles. The monoisotopic (exact) mass is 394 g/mol. The Bertz CT molecular complexity index is 990.